The molecule has 0 aliphatic carbocycles. The SMILES string of the molecule is CCn1c(=NC(=O)CCSc2ccc(OC)cc2)sc2cc(OC)ccc21. The largest absolute Gasteiger partial charge is 0.497 e. The van der Waals surface area contributed by atoms with Gasteiger partial charge >= 0.3 is 0 Å². The minimum Gasteiger partial charge on any atom is -0.497 e. The Morgan fingerprint density at radius 3 is 2.48 bits per heavy atom. The highest BCUT2D eigenvalue weighted by Gasteiger charge is 2.08. The number of fused-ring (bicyclic) bond motifs is 1. The number of thioether (sulfide) groups is 1. The van der Waals surface area contributed by atoms with Crippen molar-refractivity contribution in [3.63, 3.8) is 0 Å². The van der Waals surface area contributed by atoms with Gasteiger partial charge in [0.2, 0.25) is 5.91 Å². The van der Waals surface area contributed by atoms with Crippen LogP contribution < -0.4 is 14.3 Å². The van der Waals surface area contributed by atoms with E-state index in [4.69, 9.17) is 9.47 Å². The van der Waals surface area contributed by atoms with Crippen LogP contribution in [-0.2, 0) is 11.3 Å². The number of nitrogens with zero attached hydrogens (tertiary/aromatic N) is 2. The first-order valence-corrected chi connectivity index (χ1v) is 10.5. The standard InChI is InChI=1S/C20H22N2O3S2/c1-4-22-17-10-7-15(25-3)13-18(17)27-20(22)21-19(23)11-12-26-16-8-5-14(24-2)6-9-16/h5-10,13H,4,11-12H2,1-3H3. The third-order valence-electron chi connectivity index (χ3n) is 4.07. The van der Waals surface area contributed by atoms with Crippen molar-refractivity contribution in [2.45, 2.75) is 24.8 Å². The maximum Gasteiger partial charge on any atom is 0.249 e. The zero-order valence-corrected chi connectivity index (χ0v) is 17.2. The van der Waals surface area contributed by atoms with E-state index in [9.17, 15) is 4.79 Å². The summed E-state index contributed by atoms with van der Waals surface area (Å²) in [6.45, 7) is 2.82. The molecule has 0 bridgehead atoms. The Morgan fingerprint density at radius 1 is 1.11 bits per heavy atom. The minimum atomic E-state index is -0.100. The van der Waals surface area contributed by atoms with Crippen LogP contribution in [0.1, 0.15) is 13.3 Å². The molecule has 0 aliphatic heterocycles. The predicted molar refractivity (Wildman–Crippen MR) is 111 cm³/mol. The van der Waals surface area contributed by atoms with E-state index in [2.05, 4.69) is 16.5 Å². The maximum absolute atomic E-state index is 12.3. The molecule has 0 saturated heterocycles. The molecule has 5 nitrogen and oxygen atoms in total. The highest BCUT2D eigenvalue weighted by molar-refractivity contribution is 7.99. The molecule has 1 aromatic heterocycles. The Morgan fingerprint density at radius 2 is 1.81 bits per heavy atom. The first kappa shape index (κ1) is 19.5. The second-order valence-electron chi connectivity index (χ2n) is 5.74. The van der Waals surface area contributed by atoms with Crippen LogP contribution in [0.2, 0.25) is 0 Å². The summed E-state index contributed by atoms with van der Waals surface area (Å²) >= 11 is 3.16. The van der Waals surface area contributed by atoms with Crippen molar-refractivity contribution in [1.82, 2.24) is 4.57 Å². The lowest BCUT2D eigenvalue weighted by molar-refractivity contribution is -0.117. The van der Waals surface area contributed by atoms with Crippen LogP contribution in [-0.4, -0.2) is 30.4 Å². The van der Waals surface area contributed by atoms with Gasteiger partial charge in [-0.3, -0.25) is 4.79 Å². The van der Waals surface area contributed by atoms with Gasteiger partial charge in [0.1, 0.15) is 11.5 Å². The number of carbonyl (C=O) groups excluding carboxylic acids is 1. The van der Waals surface area contributed by atoms with Crippen LogP contribution in [0.15, 0.2) is 52.4 Å². The number of amides is 1. The topological polar surface area (TPSA) is 52.8 Å². The Labute approximate surface area is 166 Å². The number of hydrogen-bond acceptors (Lipinski definition) is 5. The molecule has 0 aliphatic rings. The summed E-state index contributed by atoms with van der Waals surface area (Å²) in [6, 6.07) is 13.8. The van der Waals surface area contributed by atoms with Gasteiger partial charge in [0.05, 0.1) is 24.4 Å². The van der Waals surface area contributed by atoms with Crippen LogP contribution in [0, 0.1) is 0 Å². The molecule has 3 aromatic rings. The van der Waals surface area contributed by atoms with Gasteiger partial charge in [-0.25, -0.2) is 0 Å². The molecular weight excluding hydrogens is 380 g/mol. The van der Waals surface area contributed by atoms with Crippen molar-refractivity contribution in [1.29, 1.82) is 0 Å². The average Bonchev–Trinajstić information content (AvgIpc) is 3.04. The Balaban J connectivity index is 1.70. The first-order chi connectivity index (χ1) is 13.1. The Kier molecular flexibility index (Phi) is 6.58. The number of aryl methyl sites for hydroxylation is 1. The van der Waals surface area contributed by atoms with Gasteiger partial charge in [-0.15, -0.1) is 11.8 Å². The fourth-order valence-corrected chi connectivity index (χ4v) is 4.64. The Bertz CT molecular complexity index is 991. The lowest BCUT2D eigenvalue weighted by Crippen LogP contribution is -2.15. The molecule has 2 aromatic carbocycles. The van der Waals surface area contributed by atoms with E-state index in [1.165, 1.54) is 11.3 Å². The summed E-state index contributed by atoms with van der Waals surface area (Å²) in [4.78, 5) is 18.5. The fraction of sp³-hybridized carbons (Fsp3) is 0.300. The third kappa shape index (κ3) is 4.73. The average molecular weight is 403 g/mol. The smallest absolute Gasteiger partial charge is 0.249 e. The van der Waals surface area contributed by atoms with Crippen molar-refractivity contribution < 1.29 is 14.3 Å². The van der Waals surface area contributed by atoms with Crippen LogP contribution in [0.4, 0.5) is 0 Å². The number of ether oxygens (including phenoxy) is 2. The molecule has 0 fully saturated rings. The summed E-state index contributed by atoms with van der Waals surface area (Å²) in [5.41, 5.74) is 1.07. The lowest BCUT2D eigenvalue weighted by atomic mass is 10.3. The number of thiazole rings is 1. The number of methoxy groups -OCH3 is 2. The summed E-state index contributed by atoms with van der Waals surface area (Å²) < 4.78 is 13.6. The molecule has 0 atom stereocenters. The molecule has 0 spiro atoms. The maximum atomic E-state index is 12.3. The summed E-state index contributed by atoms with van der Waals surface area (Å²) in [6.07, 6.45) is 0.401. The molecule has 142 valence electrons. The quantitative estimate of drug-likeness (QED) is 0.552. The highest BCUT2D eigenvalue weighted by Crippen LogP contribution is 2.24. The van der Waals surface area contributed by atoms with E-state index in [1.807, 2.05) is 42.5 Å². The van der Waals surface area contributed by atoms with Crippen LogP contribution in [0.3, 0.4) is 0 Å². The molecule has 1 heterocycles. The summed E-state index contributed by atoms with van der Waals surface area (Å²) in [5.74, 6) is 2.23. The van der Waals surface area contributed by atoms with Gasteiger partial charge in [0, 0.05) is 23.6 Å². The van der Waals surface area contributed by atoms with Crippen LogP contribution in [0.25, 0.3) is 10.2 Å². The zero-order valence-electron chi connectivity index (χ0n) is 15.6. The van der Waals surface area contributed by atoms with E-state index in [0.717, 1.165) is 38.0 Å². The number of benzene rings is 2. The van der Waals surface area contributed by atoms with E-state index < -0.39 is 0 Å². The predicted octanol–water partition coefficient (Wildman–Crippen LogP) is 4.35. The Hall–Kier alpha value is -2.25. The molecule has 0 saturated carbocycles. The monoisotopic (exact) mass is 402 g/mol. The van der Waals surface area contributed by atoms with Gasteiger partial charge < -0.3 is 14.0 Å². The molecule has 0 radical (unpaired) electrons. The summed E-state index contributed by atoms with van der Waals surface area (Å²) in [5, 5.41) is 0. The van der Waals surface area contributed by atoms with Crippen molar-refractivity contribution in [2.24, 2.45) is 4.99 Å². The summed E-state index contributed by atoms with van der Waals surface area (Å²) in [7, 11) is 3.30. The van der Waals surface area contributed by atoms with Crippen molar-refractivity contribution in [3.05, 3.63) is 47.3 Å². The van der Waals surface area contributed by atoms with E-state index in [1.54, 1.807) is 26.0 Å². The lowest BCUT2D eigenvalue weighted by Gasteiger charge is -2.03. The third-order valence-corrected chi connectivity index (χ3v) is 6.13. The van der Waals surface area contributed by atoms with E-state index in [0.29, 0.717) is 12.2 Å². The van der Waals surface area contributed by atoms with Crippen molar-refractivity contribution in [2.75, 3.05) is 20.0 Å². The second kappa shape index (κ2) is 9.10. The van der Waals surface area contributed by atoms with E-state index >= 15 is 0 Å². The van der Waals surface area contributed by atoms with Gasteiger partial charge in [-0.1, -0.05) is 11.3 Å². The van der Waals surface area contributed by atoms with Gasteiger partial charge in [-0.05, 0) is 49.4 Å². The molecule has 1 amide bonds. The first-order valence-electron chi connectivity index (χ1n) is 8.66. The van der Waals surface area contributed by atoms with Crippen LogP contribution >= 0.6 is 23.1 Å². The number of hydrogen-bond donors (Lipinski definition) is 0. The molecule has 0 N–H and O–H groups in total. The fourth-order valence-electron chi connectivity index (χ4n) is 2.66. The van der Waals surface area contributed by atoms with E-state index in [-0.39, 0.29) is 5.91 Å². The van der Waals surface area contributed by atoms with Crippen molar-refractivity contribution >= 4 is 39.2 Å². The van der Waals surface area contributed by atoms with Gasteiger partial charge in [-0.2, -0.15) is 4.99 Å². The zero-order chi connectivity index (χ0) is 19.2. The molecule has 27 heavy (non-hydrogen) atoms. The second-order valence-corrected chi connectivity index (χ2v) is 7.92. The molecule has 3 rings (SSSR count). The van der Waals surface area contributed by atoms with Gasteiger partial charge in [0.25, 0.3) is 0 Å². The van der Waals surface area contributed by atoms with Crippen molar-refractivity contribution in [3.8, 4) is 11.5 Å². The number of rotatable bonds is 7. The minimum absolute atomic E-state index is 0.100. The molecule has 0 unspecified atom stereocenters. The van der Waals surface area contributed by atoms with Gasteiger partial charge in [0.15, 0.2) is 4.80 Å². The molecular formula is C20H22N2O3S2. The molecule has 7 heteroatoms. The normalized spacial score (nSPS) is 11.7. The highest BCUT2D eigenvalue weighted by atomic mass is 32.2. The number of carbonyl (C=O) groups is 1. The van der Waals surface area contributed by atoms with Crippen LogP contribution in [0.5, 0.6) is 11.5 Å². The number of aromatic nitrogens is 1.